The van der Waals surface area contributed by atoms with Crippen molar-refractivity contribution in [3.05, 3.63) is 64.1 Å². The highest BCUT2D eigenvalue weighted by Crippen LogP contribution is 2.32. The fourth-order valence-electron chi connectivity index (χ4n) is 4.37. The lowest BCUT2D eigenvalue weighted by Gasteiger charge is -2.34. The maximum atomic E-state index is 14.3. The molecular formula is C24H26F2N6O4. The van der Waals surface area contributed by atoms with Gasteiger partial charge < -0.3 is 9.64 Å². The number of anilines is 1. The second-order valence-electron chi connectivity index (χ2n) is 8.68. The van der Waals surface area contributed by atoms with Gasteiger partial charge in [-0.2, -0.15) is 4.68 Å². The van der Waals surface area contributed by atoms with E-state index in [1.165, 1.54) is 23.0 Å². The Morgan fingerprint density at radius 3 is 2.31 bits per heavy atom. The Balaban J connectivity index is 1.81. The number of aromatic nitrogens is 4. The van der Waals surface area contributed by atoms with Crippen molar-refractivity contribution in [2.24, 2.45) is 0 Å². The summed E-state index contributed by atoms with van der Waals surface area (Å²) < 4.78 is 34.8. The average molecular weight is 501 g/mol. The van der Waals surface area contributed by atoms with Crippen molar-refractivity contribution >= 4 is 17.6 Å². The minimum atomic E-state index is -1.12. The molecule has 36 heavy (non-hydrogen) atoms. The quantitative estimate of drug-likeness (QED) is 0.499. The number of halogens is 2. The van der Waals surface area contributed by atoms with Crippen molar-refractivity contribution in [2.45, 2.75) is 38.1 Å². The highest BCUT2D eigenvalue weighted by molar-refractivity contribution is 6.00. The Morgan fingerprint density at radius 1 is 1.03 bits per heavy atom. The molecule has 0 N–H and O–H groups in total. The van der Waals surface area contributed by atoms with Gasteiger partial charge in [0.15, 0.2) is 11.6 Å². The van der Waals surface area contributed by atoms with Gasteiger partial charge in [-0.1, -0.05) is 25.3 Å². The molecule has 1 fully saturated rings. The van der Waals surface area contributed by atoms with E-state index in [2.05, 4.69) is 10.4 Å². The number of methoxy groups -OCH3 is 1. The van der Waals surface area contributed by atoms with Gasteiger partial charge in [0.2, 0.25) is 0 Å². The standard InChI is InChI=1S/C24H26F2N6O4/c1-29(2)22(33)17-14-16(12-13-20(17)36-3)30(15-8-5-4-6-9-15)23(34)32-24(35)31(27-28-32)21-18(25)10-7-11-19(21)26/h7,10-15H,4-6,8-9H2,1-3H3. The number of tetrazole rings is 1. The first kappa shape index (κ1) is 25.0. The fourth-order valence-corrected chi connectivity index (χ4v) is 4.37. The van der Waals surface area contributed by atoms with E-state index in [1.807, 2.05) is 0 Å². The van der Waals surface area contributed by atoms with Crippen molar-refractivity contribution in [1.29, 1.82) is 0 Å². The normalized spacial score (nSPS) is 13.9. The molecule has 4 rings (SSSR count). The summed E-state index contributed by atoms with van der Waals surface area (Å²) in [7, 11) is 4.63. The smallest absolute Gasteiger partial charge is 0.377 e. The zero-order valence-electron chi connectivity index (χ0n) is 20.1. The number of rotatable bonds is 5. The van der Waals surface area contributed by atoms with E-state index in [4.69, 9.17) is 4.74 Å². The zero-order valence-corrected chi connectivity index (χ0v) is 20.1. The van der Waals surface area contributed by atoms with Crippen LogP contribution in [0.1, 0.15) is 42.5 Å². The SMILES string of the molecule is COc1ccc(N(C(=O)n2nnn(-c3c(F)cccc3F)c2=O)C2CCCCC2)cc1C(=O)N(C)C. The largest absolute Gasteiger partial charge is 0.496 e. The first-order valence-corrected chi connectivity index (χ1v) is 11.5. The van der Waals surface area contributed by atoms with Gasteiger partial charge in [-0.15, -0.1) is 4.68 Å². The third-order valence-electron chi connectivity index (χ3n) is 6.16. The van der Waals surface area contributed by atoms with Crippen molar-refractivity contribution in [3.8, 4) is 11.4 Å². The summed E-state index contributed by atoms with van der Waals surface area (Å²) >= 11 is 0. The summed E-state index contributed by atoms with van der Waals surface area (Å²) in [6.45, 7) is 0. The summed E-state index contributed by atoms with van der Waals surface area (Å²) in [6, 6.07) is 6.68. The minimum Gasteiger partial charge on any atom is -0.496 e. The van der Waals surface area contributed by atoms with Crippen LogP contribution in [0.25, 0.3) is 5.69 Å². The van der Waals surface area contributed by atoms with Crippen LogP contribution < -0.4 is 15.3 Å². The number of nitrogens with zero attached hydrogens (tertiary/aromatic N) is 6. The summed E-state index contributed by atoms with van der Waals surface area (Å²) in [5.74, 6) is -2.06. The summed E-state index contributed by atoms with van der Waals surface area (Å²) in [5.41, 5.74) is -1.26. The fraction of sp³-hybridized carbons (Fsp3) is 0.375. The van der Waals surface area contributed by atoms with Crippen LogP contribution in [0, 0.1) is 11.6 Å². The number of carbonyl (C=O) groups excluding carboxylic acids is 2. The molecule has 0 saturated heterocycles. The van der Waals surface area contributed by atoms with Crippen molar-refractivity contribution < 1.29 is 23.1 Å². The number of para-hydroxylation sites is 1. The number of amides is 2. The topological polar surface area (TPSA) is 103 Å². The molecule has 0 unspecified atom stereocenters. The molecule has 1 aliphatic carbocycles. The highest BCUT2D eigenvalue weighted by atomic mass is 19.1. The van der Waals surface area contributed by atoms with Crippen LogP contribution in [0.15, 0.2) is 41.2 Å². The third-order valence-corrected chi connectivity index (χ3v) is 6.16. The number of benzene rings is 2. The second kappa shape index (κ2) is 10.3. The van der Waals surface area contributed by atoms with Gasteiger partial charge in [0.05, 0.1) is 12.7 Å². The van der Waals surface area contributed by atoms with Gasteiger partial charge in [0, 0.05) is 25.8 Å². The van der Waals surface area contributed by atoms with Crippen LogP contribution >= 0.6 is 0 Å². The molecule has 0 bridgehead atoms. The predicted octanol–water partition coefficient (Wildman–Crippen LogP) is 3.23. The predicted molar refractivity (Wildman–Crippen MR) is 127 cm³/mol. The maximum Gasteiger partial charge on any atom is 0.377 e. The lowest BCUT2D eigenvalue weighted by molar-refractivity contribution is 0.0824. The monoisotopic (exact) mass is 500 g/mol. The van der Waals surface area contributed by atoms with Crippen LogP contribution in [-0.2, 0) is 0 Å². The van der Waals surface area contributed by atoms with Gasteiger partial charge >= 0.3 is 11.7 Å². The van der Waals surface area contributed by atoms with Crippen molar-refractivity contribution in [3.63, 3.8) is 0 Å². The zero-order chi connectivity index (χ0) is 26.0. The average Bonchev–Trinajstić information content (AvgIpc) is 3.25. The van der Waals surface area contributed by atoms with Gasteiger partial charge in [0.25, 0.3) is 5.91 Å². The van der Waals surface area contributed by atoms with E-state index >= 15 is 0 Å². The minimum absolute atomic E-state index is 0.234. The van der Waals surface area contributed by atoms with E-state index in [0.717, 1.165) is 37.5 Å². The Morgan fingerprint density at radius 2 is 1.69 bits per heavy atom. The van der Waals surface area contributed by atoms with E-state index in [9.17, 15) is 23.2 Å². The maximum absolute atomic E-state index is 14.3. The van der Waals surface area contributed by atoms with E-state index in [1.54, 1.807) is 26.2 Å². The number of hydrogen-bond donors (Lipinski definition) is 0. The third kappa shape index (κ3) is 4.58. The molecule has 1 heterocycles. The lowest BCUT2D eigenvalue weighted by Crippen LogP contribution is -2.47. The molecule has 2 aromatic carbocycles. The van der Waals surface area contributed by atoms with Crippen LogP contribution in [0.3, 0.4) is 0 Å². The summed E-state index contributed by atoms with van der Waals surface area (Å²) in [5, 5.41) is 7.18. The van der Waals surface area contributed by atoms with Crippen LogP contribution in [-0.4, -0.2) is 63.9 Å². The summed E-state index contributed by atoms with van der Waals surface area (Å²) in [4.78, 5) is 42.3. The van der Waals surface area contributed by atoms with E-state index in [0.29, 0.717) is 33.6 Å². The molecule has 1 aliphatic rings. The molecule has 0 atom stereocenters. The van der Waals surface area contributed by atoms with Crippen molar-refractivity contribution in [1.82, 2.24) is 24.7 Å². The Kier molecular flexibility index (Phi) is 7.13. The Hall–Kier alpha value is -4.09. The number of ether oxygens (including phenoxy) is 1. The molecular weight excluding hydrogens is 474 g/mol. The molecule has 2 amide bonds. The highest BCUT2D eigenvalue weighted by Gasteiger charge is 2.32. The van der Waals surface area contributed by atoms with Gasteiger partial charge in [-0.3, -0.25) is 9.69 Å². The number of carbonyl (C=O) groups is 2. The molecule has 0 spiro atoms. The van der Waals surface area contributed by atoms with E-state index in [-0.39, 0.29) is 17.5 Å². The molecule has 1 saturated carbocycles. The molecule has 3 aromatic rings. The Bertz CT molecular complexity index is 1330. The first-order valence-electron chi connectivity index (χ1n) is 11.5. The first-order chi connectivity index (χ1) is 17.2. The number of hydrogen-bond acceptors (Lipinski definition) is 6. The van der Waals surface area contributed by atoms with Crippen LogP contribution in [0.2, 0.25) is 0 Å². The molecule has 0 radical (unpaired) electrons. The molecule has 190 valence electrons. The van der Waals surface area contributed by atoms with Gasteiger partial charge in [-0.25, -0.2) is 18.4 Å². The molecule has 10 nitrogen and oxygen atoms in total. The van der Waals surface area contributed by atoms with Crippen molar-refractivity contribution in [2.75, 3.05) is 26.1 Å². The molecule has 12 heteroatoms. The van der Waals surface area contributed by atoms with Gasteiger partial charge in [0.1, 0.15) is 11.4 Å². The molecule has 0 aliphatic heterocycles. The van der Waals surface area contributed by atoms with Crippen LogP contribution in [0.4, 0.5) is 19.3 Å². The second-order valence-corrected chi connectivity index (χ2v) is 8.68. The Labute approximate surface area is 205 Å². The molecule has 1 aromatic heterocycles. The van der Waals surface area contributed by atoms with Crippen LogP contribution in [0.5, 0.6) is 5.75 Å². The lowest BCUT2D eigenvalue weighted by atomic mass is 9.93. The van der Waals surface area contributed by atoms with Gasteiger partial charge in [-0.05, 0) is 53.6 Å². The van der Waals surface area contributed by atoms with E-state index < -0.39 is 29.0 Å². The summed E-state index contributed by atoms with van der Waals surface area (Å²) in [6.07, 6.45) is 4.08.